The number of allylic oxidation sites excluding steroid dienone is 1. The number of benzene rings is 1. The molecule has 2 heterocycles. The monoisotopic (exact) mass is 423 g/mol. The number of halogens is 1. The van der Waals surface area contributed by atoms with Crippen LogP contribution in [-0.4, -0.2) is 52.8 Å². The minimum atomic E-state index is -1.26. The molecule has 6 nitrogen and oxygen atoms in total. The van der Waals surface area contributed by atoms with Gasteiger partial charge in [-0.3, -0.25) is 9.69 Å². The van der Waals surface area contributed by atoms with Gasteiger partial charge >= 0.3 is 5.97 Å². The molecule has 2 aromatic rings. The number of anilines is 1. The molecule has 1 N–H and O–H groups in total. The molecule has 4 fully saturated rings. The Kier molecular flexibility index (Phi) is 4.09. The summed E-state index contributed by atoms with van der Waals surface area (Å²) in [5.74, 6) is -1.01. The Morgan fingerprint density at radius 3 is 2.45 bits per heavy atom. The molecule has 1 aromatic carbocycles. The second kappa shape index (κ2) is 6.66. The summed E-state index contributed by atoms with van der Waals surface area (Å²) in [6.45, 7) is 3.22. The molecule has 1 aromatic heterocycles. The molecule has 4 aliphatic carbocycles. The van der Waals surface area contributed by atoms with Gasteiger partial charge in [-0.1, -0.05) is 12.2 Å². The Morgan fingerprint density at radius 2 is 1.87 bits per heavy atom. The Morgan fingerprint density at radius 1 is 1.13 bits per heavy atom. The summed E-state index contributed by atoms with van der Waals surface area (Å²) >= 11 is 0. The van der Waals surface area contributed by atoms with Crippen molar-refractivity contribution in [3.63, 3.8) is 0 Å². The van der Waals surface area contributed by atoms with Crippen LogP contribution in [0.2, 0.25) is 0 Å². The van der Waals surface area contributed by atoms with Crippen LogP contribution in [0.5, 0.6) is 0 Å². The first-order valence-electron chi connectivity index (χ1n) is 11.2. The number of hydrogen-bond donors (Lipinski definition) is 1. The van der Waals surface area contributed by atoms with Crippen molar-refractivity contribution in [1.82, 2.24) is 9.47 Å². The lowest BCUT2D eigenvalue weighted by atomic mass is 9.49. The Hall–Kier alpha value is -2.67. The number of hydrogen-bond acceptors (Lipinski definition) is 4. The molecule has 7 rings (SSSR count). The fraction of sp³-hybridized carbons (Fsp3) is 0.500. The first kappa shape index (κ1) is 19.0. The van der Waals surface area contributed by atoms with E-state index in [1.807, 2.05) is 4.57 Å². The number of fused-ring (bicyclic) bond motifs is 1. The lowest BCUT2D eigenvalue weighted by molar-refractivity contribution is -0.0860. The van der Waals surface area contributed by atoms with E-state index in [0.29, 0.717) is 23.2 Å². The van der Waals surface area contributed by atoms with Crippen molar-refractivity contribution in [2.75, 3.05) is 31.1 Å². The summed E-state index contributed by atoms with van der Waals surface area (Å²) < 4.78 is 17.2. The van der Waals surface area contributed by atoms with Gasteiger partial charge in [-0.15, -0.1) is 0 Å². The fourth-order valence-corrected chi connectivity index (χ4v) is 6.06. The van der Waals surface area contributed by atoms with Crippen LogP contribution in [0.1, 0.15) is 42.5 Å². The van der Waals surface area contributed by atoms with Crippen LogP contribution in [0, 0.1) is 11.7 Å². The Bertz CT molecular complexity index is 1160. The molecule has 1 aliphatic heterocycles. The van der Waals surface area contributed by atoms with E-state index in [1.165, 1.54) is 12.3 Å². The molecular weight excluding hydrogens is 397 g/mol. The first-order chi connectivity index (χ1) is 14.9. The van der Waals surface area contributed by atoms with Crippen LogP contribution in [0.3, 0.4) is 0 Å². The van der Waals surface area contributed by atoms with Crippen LogP contribution in [0.4, 0.5) is 10.1 Å². The van der Waals surface area contributed by atoms with Crippen molar-refractivity contribution in [3.05, 3.63) is 52.1 Å². The lowest BCUT2D eigenvalue weighted by Crippen LogP contribution is -2.59. The van der Waals surface area contributed by atoms with Crippen LogP contribution in [0.25, 0.3) is 10.9 Å². The largest absolute Gasteiger partial charge is 0.477 e. The molecule has 1 atom stereocenters. The van der Waals surface area contributed by atoms with Crippen LogP contribution in [-0.2, 0) is 5.54 Å². The van der Waals surface area contributed by atoms with Crippen molar-refractivity contribution in [2.24, 2.45) is 5.92 Å². The SMILES string of the molecule is O=C(O)c1cn(C23CC(C2)C3)c2cc(N3CCN(C4C=CCC4)CC3)c(F)cc2c1=O. The third kappa shape index (κ3) is 2.79. The predicted molar refractivity (Wildman–Crippen MR) is 116 cm³/mol. The number of rotatable bonds is 4. The third-order valence-electron chi connectivity index (χ3n) is 7.93. The van der Waals surface area contributed by atoms with Crippen molar-refractivity contribution >= 4 is 22.6 Å². The van der Waals surface area contributed by atoms with Gasteiger partial charge in [0.1, 0.15) is 11.4 Å². The normalized spacial score (nSPS) is 29.8. The number of aromatic nitrogens is 1. The second-order valence-corrected chi connectivity index (χ2v) is 9.67. The van der Waals surface area contributed by atoms with E-state index in [-0.39, 0.29) is 16.5 Å². The van der Waals surface area contributed by atoms with Crippen LogP contribution in [0.15, 0.2) is 35.3 Å². The van der Waals surface area contributed by atoms with E-state index in [4.69, 9.17) is 0 Å². The summed E-state index contributed by atoms with van der Waals surface area (Å²) in [4.78, 5) is 29.0. The van der Waals surface area contributed by atoms with E-state index in [9.17, 15) is 14.7 Å². The highest BCUT2D eigenvalue weighted by atomic mass is 19.1. The van der Waals surface area contributed by atoms with Gasteiger partial charge in [-0.2, -0.15) is 0 Å². The highest BCUT2D eigenvalue weighted by Gasteiger charge is 2.58. The molecule has 1 unspecified atom stereocenters. The molecule has 1 saturated heterocycles. The second-order valence-electron chi connectivity index (χ2n) is 9.67. The number of aromatic carboxylic acids is 1. The Labute approximate surface area is 179 Å². The van der Waals surface area contributed by atoms with E-state index in [0.717, 1.165) is 58.3 Å². The zero-order chi connectivity index (χ0) is 21.3. The van der Waals surface area contributed by atoms with Crippen molar-refractivity contribution in [3.8, 4) is 0 Å². The Balaban J connectivity index is 1.39. The summed E-state index contributed by atoms with van der Waals surface area (Å²) in [5.41, 5.74) is 0.183. The summed E-state index contributed by atoms with van der Waals surface area (Å²) in [7, 11) is 0. The molecule has 3 saturated carbocycles. The van der Waals surface area contributed by atoms with Crippen molar-refractivity contribution in [1.29, 1.82) is 0 Å². The standard InChI is InChI=1S/C24H26FN3O3/c25-19-9-17-20(10-21(19)27-7-5-26(6-8-27)16-3-1-2-4-16)28(24-11-15(12-24)13-24)14-18(22(17)29)23(30)31/h1,3,9-10,14-16H,2,4-8,11-13H2,(H,30,31). The topological polar surface area (TPSA) is 65.8 Å². The number of nitrogens with zero attached hydrogens (tertiary/aromatic N) is 3. The van der Waals surface area contributed by atoms with Gasteiger partial charge in [0.15, 0.2) is 0 Å². The molecule has 5 aliphatic rings. The maximum absolute atomic E-state index is 15.2. The van der Waals surface area contributed by atoms with Crippen molar-refractivity contribution in [2.45, 2.75) is 43.7 Å². The fourth-order valence-electron chi connectivity index (χ4n) is 6.06. The number of carboxylic acid groups (broad SMARTS) is 1. The molecule has 2 bridgehead atoms. The summed E-state index contributed by atoms with van der Waals surface area (Å²) in [5, 5.41) is 9.70. The highest BCUT2D eigenvalue weighted by Crippen LogP contribution is 2.62. The quantitative estimate of drug-likeness (QED) is 0.766. The molecule has 0 amide bonds. The summed E-state index contributed by atoms with van der Waals surface area (Å²) in [6, 6.07) is 3.53. The average Bonchev–Trinajstić information content (AvgIpc) is 3.22. The van der Waals surface area contributed by atoms with E-state index in [1.54, 1.807) is 6.07 Å². The maximum atomic E-state index is 15.2. The molecule has 31 heavy (non-hydrogen) atoms. The average molecular weight is 423 g/mol. The minimum absolute atomic E-state index is 0.108. The molecule has 0 radical (unpaired) electrons. The van der Waals surface area contributed by atoms with Gasteiger partial charge in [-0.25, -0.2) is 9.18 Å². The number of piperazine rings is 1. The van der Waals surface area contributed by atoms with Gasteiger partial charge in [0.2, 0.25) is 5.43 Å². The lowest BCUT2D eigenvalue weighted by Gasteiger charge is -2.63. The van der Waals surface area contributed by atoms with E-state index in [2.05, 4.69) is 22.0 Å². The van der Waals surface area contributed by atoms with Crippen LogP contribution < -0.4 is 10.3 Å². The smallest absolute Gasteiger partial charge is 0.341 e. The predicted octanol–water partition coefficient (Wildman–Crippen LogP) is 3.19. The van der Waals surface area contributed by atoms with Gasteiger partial charge in [0, 0.05) is 49.3 Å². The van der Waals surface area contributed by atoms with Gasteiger partial charge in [0.05, 0.1) is 11.2 Å². The first-order valence-corrected chi connectivity index (χ1v) is 11.2. The van der Waals surface area contributed by atoms with Crippen molar-refractivity contribution < 1.29 is 14.3 Å². The molecule has 0 spiro atoms. The zero-order valence-electron chi connectivity index (χ0n) is 17.4. The van der Waals surface area contributed by atoms with Crippen LogP contribution >= 0.6 is 0 Å². The van der Waals surface area contributed by atoms with E-state index >= 15 is 4.39 Å². The van der Waals surface area contributed by atoms with Gasteiger partial charge < -0.3 is 14.6 Å². The third-order valence-corrected chi connectivity index (χ3v) is 7.93. The number of pyridine rings is 1. The number of carbonyl (C=O) groups is 1. The van der Waals surface area contributed by atoms with Gasteiger partial charge in [-0.05, 0) is 50.2 Å². The van der Waals surface area contributed by atoms with E-state index < -0.39 is 17.2 Å². The molecule has 162 valence electrons. The minimum Gasteiger partial charge on any atom is -0.477 e. The molecular formula is C24H26FN3O3. The summed E-state index contributed by atoms with van der Waals surface area (Å²) in [6.07, 6.45) is 11.3. The number of carboxylic acids is 1. The van der Waals surface area contributed by atoms with Gasteiger partial charge in [0.25, 0.3) is 0 Å². The zero-order valence-corrected chi connectivity index (χ0v) is 17.4. The molecule has 7 heteroatoms. The maximum Gasteiger partial charge on any atom is 0.341 e. The highest BCUT2D eigenvalue weighted by molar-refractivity contribution is 5.93.